The summed E-state index contributed by atoms with van der Waals surface area (Å²) in [5.41, 5.74) is -1.45. The summed E-state index contributed by atoms with van der Waals surface area (Å²) >= 11 is 0. The summed E-state index contributed by atoms with van der Waals surface area (Å²) in [6, 6.07) is 0.217. The molecule has 5 aliphatic carbocycles. The lowest BCUT2D eigenvalue weighted by Crippen LogP contribution is -2.64. The second-order valence-electron chi connectivity index (χ2n) is 22.6. The van der Waals surface area contributed by atoms with E-state index in [2.05, 4.69) is 118 Å². The zero-order valence-electron chi connectivity index (χ0n) is 35.3. The van der Waals surface area contributed by atoms with Crippen LogP contribution in [0, 0.1) is 62.1 Å². The average molecular weight is 726 g/mol. The van der Waals surface area contributed by atoms with Crippen LogP contribution >= 0.6 is 0 Å². The molecule has 0 aromatic carbocycles. The van der Waals surface area contributed by atoms with Gasteiger partial charge in [0.05, 0.1) is 16.1 Å². The Balaban J connectivity index is 1.61. The summed E-state index contributed by atoms with van der Waals surface area (Å²) in [7, 11) is 1.09. The Morgan fingerprint density at radius 3 is 1.98 bits per heavy atom. The van der Waals surface area contributed by atoms with Crippen LogP contribution in [-0.4, -0.2) is 76.2 Å². The van der Waals surface area contributed by atoms with Gasteiger partial charge in [-0.15, -0.1) is 0 Å². The number of nitrogens with zero attached hydrogens (tertiary/aromatic N) is 2. The van der Waals surface area contributed by atoms with E-state index >= 15 is 4.79 Å². The number of nitrogens with one attached hydrogen (secondary N) is 1. The molecule has 0 bridgehead atoms. The molecule has 1 N–H and O–H groups in total. The number of rotatable bonds is 9. The second-order valence-corrected chi connectivity index (χ2v) is 33.7. The van der Waals surface area contributed by atoms with Gasteiger partial charge in [0.15, 0.2) is 0 Å². The van der Waals surface area contributed by atoms with Crippen molar-refractivity contribution in [1.29, 1.82) is 0 Å². The molecule has 0 heterocycles. The van der Waals surface area contributed by atoms with E-state index in [0.717, 1.165) is 38.5 Å². The Morgan fingerprint density at radius 1 is 0.920 bits per heavy atom. The van der Waals surface area contributed by atoms with Gasteiger partial charge in [-0.1, -0.05) is 94.7 Å². The molecule has 0 unspecified atom stereocenters. The molecule has 50 heavy (non-hydrogen) atoms. The molecule has 2 spiro atoms. The highest BCUT2D eigenvalue weighted by molar-refractivity contribution is 6.96. The standard InChI is InChI=1S/C42H75N3O3Si2/c1-26(2)35(48)44-31-20-21-41-24-42(41)30(19-18-29(41)38(31,7)25-43-36(49(12,13)14)50(15,16)17)39(8)22-28(34(47)37(4,5)6)33(27(3)45(10)11)40(39,9)23-32(42)46/h25-31,33,36H,18-24H2,1-17H3,(H,44,48)/t27-,28+,29-,30-,31-,33-,38-,39-,40+,41+,42-/m0/s1. The highest BCUT2D eigenvalue weighted by atomic mass is 28.4. The predicted molar refractivity (Wildman–Crippen MR) is 214 cm³/mol. The maximum absolute atomic E-state index is 15.2. The molecule has 0 radical (unpaired) electrons. The van der Waals surface area contributed by atoms with E-state index in [4.69, 9.17) is 4.99 Å². The molecule has 8 heteroatoms. The van der Waals surface area contributed by atoms with Crippen LogP contribution in [0.2, 0.25) is 39.3 Å². The van der Waals surface area contributed by atoms with E-state index in [0.29, 0.717) is 29.2 Å². The van der Waals surface area contributed by atoms with Crippen molar-refractivity contribution >= 4 is 39.8 Å². The van der Waals surface area contributed by atoms with Crippen LogP contribution in [-0.2, 0) is 14.4 Å². The quantitative estimate of drug-likeness (QED) is 0.191. The van der Waals surface area contributed by atoms with Gasteiger partial charge < -0.3 is 15.2 Å². The molecule has 5 fully saturated rings. The van der Waals surface area contributed by atoms with Crippen LogP contribution in [0.3, 0.4) is 0 Å². The van der Waals surface area contributed by atoms with Crippen molar-refractivity contribution in [1.82, 2.24) is 10.2 Å². The number of hydrogen-bond donors (Lipinski definition) is 1. The normalized spacial score (nSPS) is 42.3. The molecule has 5 saturated carbocycles. The SMILES string of the molecule is CC(C)C(=O)N[C@H]1CC[C@]23C[C@]24C(=O)C[C@]2(C)[C@@H]([C@H](C)N(C)C)[C@H](C(=O)C(C)(C)C)C[C@@]2(C)[C@@H]4CC[C@H]3[C@]1(C)C=NC([Si](C)(C)C)[Si](C)(C)C. The first kappa shape index (κ1) is 40.1. The van der Waals surface area contributed by atoms with E-state index in [9.17, 15) is 9.59 Å². The molecule has 0 aromatic heterocycles. The van der Waals surface area contributed by atoms with E-state index in [1.807, 2.05) is 13.8 Å². The van der Waals surface area contributed by atoms with Gasteiger partial charge in [-0.3, -0.25) is 14.4 Å². The minimum atomic E-state index is -1.60. The lowest BCUT2D eigenvalue weighted by molar-refractivity contribution is -0.168. The highest BCUT2D eigenvalue weighted by Gasteiger charge is 2.86. The van der Waals surface area contributed by atoms with Gasteiger partial charge in [-0.25, -0.2) is 0 Å². The molecule has 0 aliphatic heterocycles. The Kier molecular flexibility index (Phi) is 9.77. The van der Waals surface area contributed by atoms with Crippen molar-refractivity contribution in [3.05, 3.63) is 0 Å². The third-order valence-electron chi connectivity index (χ3n) is 16.1. The number of carbonyl (C=O) groups is 3. The van der Waals surface area contributed by atoms with Gasteiger partial charge in [0.1, 0.15) is 11.6 Å². The van der Waals surface area contributed by atoms with Gasteiger partial charge in [0.25, 0.3) is 0 Å². The molecule has 0 saturated heterocycles. The topological polar surface area (TPSA) is 78.8 Å². The summed E-state index contributed by atoms with van der Waals surface area (Å²) in [6.07, 6.45) is 8.75. The zero-order chi connectivity index (χ0) is 38.0. The van der Waals surface area contributed by atoms with E-state index < -0.39 is 21.6 Å². The Bertz CT molecular complexity index is 1410. The molecule has 5 rings (SSSR count). The Morgan fingerprint density at radius 2 is 1.48 bits per heavy atom. The average Bonchev–Trinajstić information content (AvgIpc) is 3.58. The first-order chi connectivity index (χ1) is 22.6. The predicted octanol–water partition coefficient (Wildman–Crippen LogP) is 8.71. The first-order valence-corrected chi connectivity index (χ1v) is 27.3. The van der Waals surface area contributed by atoms with Crippen molar-refractivity contribution in [2.75, 3.05) is 14.1 Å². The van der Waals surface area contributed by atoms with Crippen LogP contribution in [0.4, 0.5) is 0 Å². The molecule has 11 atom stereocenters. The third-order valence-corrected chi connectivity index (χ3v) is 24.8. The van der Waals surface area contributed by atoms with E-state index in [-0.39, 0.29) is 68.7 Å². The molecule has 5 aliphatic rings. The second kappa shape index (κ2) is 12.2. The fourth-order valence-corrected chi connectivity index (χ4v) is 25.2. The number of fused-ring (bicyclic) bond motifs is 2. The fraction of sp³-hybridized carbons (Fsp3) is 0.905. The molecular weight excluding hydrogens is 651 g/mol. The number of Topliss-reactive ketones (excluding diaryl/α,β-unsaturated/α-hetero) is 2. The minimum Gasteiger partial charge on any atom is -0.352 e. The lowest BCUT2D eigenvalue weighted by atomic mass is 9.41. The van der Waals surface area contributed by atoms with Crippen molar-refractivity contribution in [2.24, 2.45) is 67.1 Å². The molecule has 6 nitrogen and oxygen atoms in total. The summed E-state index contributed by atoms with van der Waals surface area (Å²) < 4.78 is 0. The fourth-order valence-electron chi connectivity index (χ4n) is 13.7. The van der Waals surface area contributed by atoms with Crippen molar-refractivity contribution in [3.63, 3.8) is 0 Å². The number of hydrogen-bond acceptors (Lipinski definition) is 5. The lowest BCUT2D eigenvalue weighted by Gasteiger charge is -2.62. The van der Waals surface area contributed by atoms with Gasteiger partial charge >= 0.3 is 0 Å². The Labute approximate surface area is 308 Å². The zero-order valence-corrected chi connectivity index (χ0v) is 37.3. The van der Waals surface area contributed by atoms with Gasteiger partial charge in [0.2, 0.25) is 5.91 Å². The van der Waals surface area contributed by atoms with E-state index in [1.54, 1.807) is 0 Å². The number of carbonyl (C=O) groups excluding carboxylic acids is 3. The van der Waals surface area contributed by atoms with Gasteiger partial charge in [0, 0.05) is 58.1 Å². The molecule has 0 aromatic rings. The molecular formula is C42H75N3O3Si2. The smallest absolute Gasteiger partial charge is 0.222 e. The molecule has 1 amide bonds. The van der Waals surface area contributed by atoms with Gasteiger partial charge in [-0.2, -0.15) is 0 Å². The van der Waals surface area contributed by atoms with Crippen LogP contribution in [0.5, 0.6) is 0 Å². The first-order valence-electron chi connectivity index (χ1n) is 20.1. The van der Waals surface area contributed by atoms with Crippen molar-refractivity contribution in [3.8, 4) is 0 Å². The summed E-state index contributed by atoms with van der Waals surface area (Å²) in [6.45, 7) is 34.6. The maximum Gasteiger partial charge on any atom is 0.222 e. The number of aliphatic imine (C=N–C) groups is 1. The number of amides is 1. The third kappa shape index (κ3) is 5.67. The monoisotopic (exact) mass is 726 g/mol. The number of ketones is 2. The Hall–Kier alpha value is -1.13. The maximum atomic E-state index is 15.2. The highest BCUT2D eigenvalue weighted by Crippen LogP contribution is 2.88. The van der Waals surface area contributed by atoms with Crippen LogP contribution in [0.1, 0.15) is 107 Å². The van der Waals surface area contributed by atoms with Crippen LogP contribution in [0.15, 0.2) is 4.99 Å². The van der Waals surface area contributed by atoms with Crippen molar-refractivity contribution in [2.45, 2.75) is 164 Å². The van der Waals surface area contributed by atoms with E-state index in [1.165, 1.54) is 0 Å². The van der Waals surface area contributed by atoms with Crippen LogP contribution < -0.4 is 5.32 Å². The summed E-state index contributed by atoms with van der Waals surface area (Å²) in [5, 5.41) is 3.92. The summed E-state index contributed by atoms with van der Waals surface area (Å²) in [4.78, 5) is 50.9. The largest absolute Gasteiger partial charge is 0.352 e. The van der Waals surface area contributed by atoms with Crippen LogP contribution in [0.25, 0.3) is 0 Å². The minimum absolute atomic E-state index is 0.0139. The van der Waals surface area contributed by atoms with Gasteiger partial charge in [-0.05, 0) is 93.5 Å². The summed E-state index contributed by atoms with van der Waals surface area (Å²) in [5.74, 6) is 1.58. The molecule has 284 valence electrons. The van der Waals surface area contributed by atoms with Crippen molar-refractivity contribution < 1.29 is 14.4 Å².